The predicted octanol–water partition coefficient (Wildman–Crippen LogP) is 4.03. The summed E-state index contributed by atoms with van der Waals surface area (Å²) in [6.07, 6.45) is 2.83. The lowest BCUT2D eigenvalue weighted by Crippen LogP contribution is -2.18. The van der Waals surface area contributed by atoms with E-state index in [9.17, 15) is 9.90 Å². The van der Waals surface area contributed by atoms with Crippen LogP contribution in [0, 0.1) is 0 Å². The van der Waals surface area contributed by atoms with Gasteiger partial charge in [0.15, 0.2) is 0 Å². The van der Waals surface area contributed by atoms with Crippen molar-refractivity contribution >= 4 is 35.3 Å². The maximum atomic E-state index is 12.2. The number of benzene rings is 2. The standard InChI is InChI=1S/C17H14Cl2N2O3/c1-2-7-24-15-6-4-3-5-13(15)17(23)21-20-10-11-8-12(18)9-14(19)16(11)22/h2-6,8-10,22H,1,7H2,(H,21,23)/b20-10+. The number of amides is 1. The Balaban J connectivity index is 2.12. The minimum Gasteiger partial charge on any atom is -0.506 e. The Morgan fingerprint density at radius 3 is 2.83 bits per heavy atom. The van der Waals surface area contributed by atoms with Gasteiger partial charge in [-0.05, 0) is 24.3 Å². The molecule has 0 atom stereocenters. The van der Waals surface area contributed by atoms with Crippen LogP contribution in [0.3, 0.4) is 0 Å². The molecule has 7 heteroatoms. The van der Waals surface area contributed by atoms with Gasteiger partial charge in [0, 0.05) is 10.6 Å². The normalized spacial score (nSPS) is 10.6. The van der Waals surface area contributed by atoms with Gasteiger partial charge in [0.05, 0.1) is 16.8 Å². The van der Waals surface area contributed by atoms with Gasteiger partial charge in [-0.25, -0.2) is 5.43 Å². The number of hydrazone groups is 1. The van der Waals surface area contributed by atoms with E-state index in [0.29, 0.717) is 16.3 Å². The van der Waals surface area contributed by atoms with Crippen molar-refractivity contribution in [1.82, 2.24) is 5.43 Å². The van der Waals surface area contributed by atoms with Crippen molar-refractivity contribution in [3.63, 3.8) is 0 Å². The smallest absolute Gasteiger partial charge is 0.275 e. The quantitative estimate of drug-likeness (QED) is 0.461. The zero-order valence-corrected chi connectivity index (χ0v) is 14.0. The van der Waals surface area contributed by atoms with Crippen molar-refractivity contribution in [2.24, 2.45) is 5.10 Å². The summed E-state index contributed by atoms with van der Waals surface area (Å²) < 4.78 is 5.42. The number of aromatic hydroxyl groups is 1. The summed E-state index contributed by atoms with van der Waals surface area (Å²) >= 11 is 11.7. The highest BCUT2D eigenvalue weighted by Gasteiger charge is 2.11. The van der Waals surface area contributed by atoms with E-state index in [0.717, 1.165) is 0 Å². The number of hydrogen-bond acceptors (Lipinski definition) is 4. The van der Waals surface area contributed by atoms with Crippen LogP contribution in [0.4, 0.5) is 0 Å². The molecule has 2 aromatic rings. The van der Waals surface area contributed by atoms with Crippen molar-refractivity contribution in [2.45, 2.75) is 0 Å². The van der Waals surface area contributed by atoms with Gasteiger partial charge in [0.2, 0.25) is 0 Å². The number of ether oxygens (including phenoxy) is 1. The largest absolute Gasteiger partial charge is 0.506 e. The number of carbonyl (C=O) groups excluding carboxylic acids is 1. The molecule has 0 fully saturated rings. The average molecular weight is 365 g/mol. The van der Waals surface area contributed by atoms with E-state index in [1.165, 1.54) is 18.3 Å². The first-order valence-corrected chi connectivity index (χ1v) is 7.62. The number of carbonyl (C=O) groups is 1. The van der Waals surface area contributed by atoms with Gasteiger partial charge in [0.1, 0.15) is 18.1 Å². The highest BCUT2D eigenvalue weighted by Crippen LogP contribution is 2.29. The monoisotopic (exact) mass is 364 g/mol. The van der Waals surface area contributed by atoms with Crippen LogP contribution in [0.25, 0.3) is 0 Å². The van der Waals surface area contributed by atoms with Gasteiger partial charge >= 0.3 is 0 Å². The lowest BCUT2D eigenvalue weighted by molar-refractivity contribution is 0.0951. The molecule has 0 saturated heterocycles. The fraction of sp³-hybridized carbons (Fsp3) is 0.0588. The van der Waals surface area contributed by atoms with E-state index in [1.54, 1.807) is 30.3 Å². The molecule has 0 bridgehead atoms. The van der Waals surface area contributed by atoms with Gasteiger partial charge in [-0.15, -0.1) is 0 Å². The van der Waals surface area contributed by atoms with E-state index in [-0.39, 0.29) is 22.9 Å². The first kappa shape index (κ1) is 17.8. The van der Waals surface area contributed by atoms with Gasteiger partial charge in [-0.2, -0.15) is 5.10 Å². The first-order chi connectivity index (χ1) is 11.5. The third-order valence-electron chi connectivity index (χ3n) is 2.92. The molecule has 0 radical (unpaired) electrons. The number of hydrogen-bond donors (Lipinski definition) is 2. The van der Waals surface area contributed by atoms with Gasteiger partial charge in [-0.3, -0.25) is 4.79 Å². The van der Waals surface area contributed by atoms with Crippen LogP contribution in [0.15, 0.2) is 54.2 Å². The summed E-state index contributed by atoms with van der Waals surface area (Å²) in [6.45, 7) is 3.84. The second-order valence-corrected chi connectivity index (χ2v) is 5.46. The molecule has 24 heavy (non-hydrogen) atoms. The summed E-state index contributed by atoms with van der Waals surface area (Å²) in [5, 5.41) is 14.1. The van der Waals surface area contributed by atoms with E-state index in [4.69, 9.17) is 27.9 Å². The van der Waals surface area contributed by atoms with E-state index >= 15 is 0 Å². The molecule has 0 heterocycles. The second-order valence-electron chi connectivity index (χ2n) is 4.62. The molecule has 0 unspecified atom stereocenters. The van der Waals surface area contributed by atoms with Gasteiger partial charge in [-0.1, -0.05) is 48.0 Å². The molecule has 2 aromatic carbocycles. The third kappa shape index (κ3) is 4.50. The number of rotatable bonds is 6. The fourth-order valence-electron chi connectivity index (χ4n) is 1.83. The van der Waals surface area contributed by atoms with Crippen LogP contribution in [-0.4, -0.2) is 23.8 Å². The molecular formula is C17H14Cl2N2O3. The number of halogens is 2. The Morgan fingerprint density at radius 1 is 1.33 bits per heavy atom. The van der Waals surface area contributed by atoms with Crippen LogP contribution < -0.4 is 10.2 Å². The molecule has 1 amide bonds. The lowest BCUT2D eigenvalue weighted by atomic mass is 10.2. The summed E-state index contributed by atoms with van der Waals surface area (Å²) in [6, 6.07) is 9.62. The summed E-state index contributed by atoms with van der Waals surface area (Å²) in [5.41, 5.74) is 2.96. The Morgan fingerprint density at radius 2 is 2.08 bits per heavy atom. The van der Waals surface area contributed by atoms with Crippen LogP contribution in [0.5, 0.6) is 11.5 Å². The second kappa shape index (κ2) is 8.38. The van der Waals surface area contributed by atoms with Gasteiger partial charge in [0.25, 0.3) is 5.91 Å². The first-order valence-electron chi connectivity index (χ1n) is 6.87. The van der Waals surface area contributed by atoms with Crippen LogP contribution >= 0.6 is 23.2 Å². The number of phenols is 1. The van der Waals surface area contributed by atoms with E-state index < -0.39 is 5.91 Å². The summed E-state index contributed by atoms with van der Waals surface area (Å²) in [4.78, 5) is 12.2. The third-order valence-corrected chi connectivity index (χ3v) is 3.42. The van der Waals surface area contributed by atoms with Crippen molar-refractivity contribution < 1.29 is 14.6 Å². The molecule has 124 valence electrons. The Kier molecular flexibility index (Phi) is 6.23. The molecule has 2 rings (SSSR count). The van der Waals surface area contributed by atoms with Crippen LogP contribution in [0.2, 0.25) is 10.0 Å². The summed E-state index contributed by atoms with van der Waals surface area (Å²) in [7, 11) is 0. The highest BCUT2D eigenvalue weighted by molar-refractivity contribution is 6.36. The maximum Gasteiger partial charge on any atom is 0.275 e. The number of nitrogens with one attached hydrogen (secondary N) is 1. The zero-order chi connectivity index (χ0) is 17.5. The van der Waals surface area contributed by atoms with E-state index in [1.807, 2.05) is 0 Å². The van der Waals surface area contributed by atoms with Crippen molar-refractivity contribution in [3.05, 3.63) is 70.2 Å². The van der Waals surface area contributed by atoms with Crippen molar-refractivity contribution in [2.75, 3.05) is 6.61 Å². The molecule has 0 aliphatic rings. The van der Waals surface area contributed by atoms with Crippen molar-refractivity contribution in [3.8, 4) is 11.5 Å². The number of nitrogens with zero attached hydrogens (tertiary/aromatic N) is 1. The highest BCUT2D eigenvalue weighted by atomic mass is 35.5. The molecule has 0 aliphatic carbocycles. The Labute approximate surface area is 149 Å². The topological polar surface area (TPSA) is 70.9 Å². The molecular weight excluding hydrogens is 351 g/mol. The molecule has 0 spiro atoms. The van der Waals surface area contributed by atoms with Gasteiger partial charge < -0.3 is 9.84 Å². The molecule has 0 aliphatic heterocycles. The number of para-hydroxylation sites is 1. The molecule has 5 nitrogen and oxygen atoms in total. The summed E-state index contributed by atoms with van der Waals surface area (Å²) in [5.74, 6) is -0.217. The Bertz CT molecular complexity index is 791. The fourth-order valence-corrected chi connectivity index (χ4v) is 2.34. The predicted molar refractivity (Wildman–Crippen MR) is 95.3 cm³/mol. The molecule has 0 saturated carbocycles. The SMILES string of the molecule is C=CCOc1ccccc1C(=O)N/N=C/c1cc(Cl)cc(Cl)c1O. The number of phenolic OH excluding ortho intramolecular Hbond substituents is 1. The van der Waals surface area contributed by atoms with Crippen LogP contribution in [0.1, 0.15) is 15.9 Å². The molecule has 0 aromatic heterocycles. The Hall–Kier alpha value is -2.50. The van der Waals surface area contributed by atoms with Crippen molar-refractivity contribution in [1.29, 1.82) is 0 Å². The minimum absolute atomic E-state index is 0.0958. The van der Waals surface area contributed by atoms with E-state index in [2.05, 4.69) is 17.1 Å². The minimum atomic E-state index is -0.460. The zero-order valence-electron chi connectivity index (χ0n) is 12.5. The lowest BCUT2D eigenvalue weighted by Gasteiger charge is -2.08. The molecule has 2 N–H and O–H groups in total. The maximum absolute atomic E-state index is 12.2. The van der Waals surface area contributed by atoms with Crippen LogP contribution in [-0.2, 0) is 0 Å². The average Bonchev–Trinajstić information content (AvgIpc) is 2.57.